The molecule has 0 saturated carbocycles. The first-order valence-corrected chi connectivity index (χ1v) is 7.72. The van der Waals surface area contributed by atoms with Gasteiger partial charge in [0.05, 0.1) is 0 Å². The smallest absolute Gasteiger partial charge is 0.00706 e. The van der Waals surface area contributed by atoms with Crippen LogP contribution in [-0.4, -0.2) is 30.6 Å². The standard InChI is InChI=1S/C15H32N2/c1-3-4-5-6-7-8-9-10-17-13-15(12-16)11-14(17)2/h14-15H,3-13,16H2,1-2H3. The van der Waals surface area contributed by atoms with E-state index in [0.29, 0.717) is 0 Å². The van der Waals surface area contributed by atoms with Gasteiger partial charge in [0.2, 0.25) is 0 Å². The number of unbranched alkanes of at least 4 members (excludes halogenated alkanes) is 6. The molecule has 0 aromatic carbocycles. The van der Waals surface area contributed by atoms with E-state index in [2.05, 4.69) is 18.7 Å². The Morgan fingerprint density at radius 2 is 1.71 bits per heavy atom. The maximum Gasteiger partial charge on any atom is 0.00706 e. The van der Waals surface area contributed by atoms with Gasteiger partial charge in [0.15, 0.2) is 0 Å². The van der Waals surface area contributed by atoms with E-state index in [4.69, 9.17) is 5.73 Å². The molecule has 17 heavy (non-hydrogen) atoms. The predicted molar refractivity (Wildman–Crippen MR) is 76.2 cm³/mol. The summed E-state index contributed by atoms with van der Waals surface area (Å²) in [6.07, 6.45) is 11.2. The van der Waals surface area contributed by atoms with Gasteiger partial charge in [-0.1, -0.05) is 45.4 Å². The lowest BCUT2D eigenvalue weighted by molar-refractivity contribution is 0.258. The molecule has 102 valence electrons. The molecule has 0 radical (unpaired) electrons. The van der Waals surface area contributed by atoms with Crippen LogP contribution in [0.3, 0.4) is 0 Å². The molecular weight excluding hydrogens is 208 g/mol. The zero-order valence-corrected chi connectivity index (χ0v) is 12.0. The molecule has 2 nitrogen and oxygen atoms in total. The molecule has 2 unspecified atom stereocenters. The van der Waals surface area contributed by atoms with E-state index < -0.39 is 0 Å². The fourth-order valence-electron chi connectivity index (χ4n) is 2.97. The van der Waals surface area contributed by atoms with E-state index in [-0.39, 0.29) is 0 Å². The second-order valence-electron chi connectivity index (χ2n) is 5.80. The first kappa shape index (κ1) is 15.0. The van der Waals surface area contributed by atoms with Crippen LogP contribution in [0.25, 0.3) is 0 Å². The van der Waals surface area contributed by atoms with E-state index in [9.17, 15) is 0 Å². The van der Waals surface area contributed by atoms with Crippen molar-refractivity contribution in [1.29, 1.82) is 0 Å². The average Bonchev–Trinajstić information content (AvgIpc) is 2.69. The molecule has 1 aliphatic heterocycles. The van der Waals surface area contributed by atoms with E-state index in [1.807, 2.05) is 0 Å². The Hall–Kier alpha value is -0.0800. The van der Waals surface area contributed by atoms with Gasteiger partial charge in [-0.05, 0) is 38.8 Å². The van der Waals surface area contributed by atoms with Crippen LogP contribution in [0.1, 0.15) is 65.2 Å². The Bertz CT molecular complexity index is 182. The molecule has 0 bridgehead atoms. The minimum Gasteiger partial charge on any atom is -0.330 e. The molecule has 1 aliphatic rings. The van der Waals surface area contributed by atoms with E-state index >= 15 is 0 Å². The van der Waals surface area contributed by atoms with Gasteiger partial charge in [-0.2, -0.15) is 0 Å². The van der Waals surface area contributed by atoms with Crippen LogP contribution in [0, 0.1) is 5.92 Å². The summed E-state index contributed by atoms with van der Waals surface area (Å²) in [5.74, 6) is 0.759. The minimum atomic E-state index is 0.759. The fourth-order valence-corrected chi connectivity index (χ4v) is 2.97. The van der Waals surface area contributed by atoms with Gasteiger partial charge in [0.1, 0.15) is 0 Å². The lowest BCUT2D eigenvalue weighted by Gasteiger charge is -2.20. The van der Waals surface area contributed by atoms with Crippen molar-refractivity contribution in [3.8, 4) is 0 Å². The molecule has 0 aromatic rings. The summed E-state index contributed by atoms with van der Waals surface area (Å²) in [6.45, 7) is 8.05. The lowest BCUT2D eigenvalue weighted by Crippen LogP contribution is -2.28. The van der Waals surface area contributed by atoms with Crippen LogP contribution in [0.2, 0.25) is 0 Å². The first-order valence-electron chi connectivity index (χ1n) is 7.72. The summed E-state index contributed by atoms with van der Waals surface area (Å²) in [6, 6.07) is 0.767. The van der Waals surface area contributed by atoms with Crippen LogP contribution in [0.15, 0.2) is 0 Å². The quantitative estimate of drug-likeness (QED) is 0.626. The number of likely N-dealkylation sites (tertiary alicyclic amines) is 1. The summed E-state index contributed by atoms with van der Waals surface area (Å²) in [5, 5.41) is 0. The van der Waals surface area contributed by atoms with Crippen molar-refractivity contribution in [2.75, 3.05) is 19.6 Å². The molecule has 0 spiro atoms. The molecule has 1 heterocycles. The zero-order chi connectivity index (χ0) is 12.5. The monoisotopic (exact) mass is 240 g/mol. The molecule has 2 heteroatoms. The highest BCUT2D eigenvalue weighted by atomic mass is 15.2. The molecule has 1 saturated heterocycles. The van der Waals surface area contributed by atoms with Crippen molar-refractivity contribution in [2.45, 2.75) is 71.3 Å². The summed E-state index contributed by atoms with van der Waals surface area (Å²) in [7, 11) is 0. The minimum absolute atomic E-state index is 0.759. The van der Waals surface area contributed by atoms with Crippen LogP contribution >= 0.6 is 0 Å². The summed E-state index contributed by atoms with van der Waals surface area (Å²) in [5.41, 5.74) is 5.75. The van der Waals surface area contributed by atoms with Crippen LogP contribution in [-0.2, 0) is 0 Å². The molecular formula is C15H32N2. The predicted octanol–water partition coefficient (Wildman–Crippen LogP) is 3.41. The highest BCUT2D eigenvalue weighted by molar-refractivity contribution is 4.82. The number of nitrogens with two attached hydrogens (primary N) is 1. The van der Waals surface area contributed by atoms with Gasteiger partial charge in [-0.3, -0.25) is 0 Å². The van der Waals surface area contributed by atoms with Gasteiger partial charge >= 0.3 is 0 Å². The molecule has 0 aromatic heterocycles. The largest absolute Gasteiger partial charge is 0.330 e. The van der Waals surface area contributed by atoms with E-state index in [1.54, 1.807) is 0 Å². The molecule has 1 rings (SSSR count). The third kappa shape index (κ3) is 5.87. The third-order valence-electron chi connectivity index (χ3n) is 4.17. The molecule has 2 N–H and O–H groups in total. The lowest BCUT2D eigenvalue weighted by atomic mass is 10.1. The molecule has 0 aliphatic carbocycles. The number of nitrogens with zero attached hydrogens (tertiary/aromatic N) is 1. The topological polar surface area (TPSA) is 29.3 Å². The third-order valence-corrected chi connectivity index (χ3v) is 4.17. The summed E-state index contributed by atoms with van der Waals surface area (Å²) >= 11 is 0. The van der Waals surface area contributed by atoms with Gasteiger partial charge in [0.25, 0.3) is 0 Å². The Labute approximate surface area is 108 Å². The second kappa shape index (κ2) is 8.93. The number of rotatable bonds is 9. The fraction of sp³-hybridized carbons (Fsp3) is 1.00. The summed E-state index contributed by atoms with van der Waals surface area (Å²) < 4.78 is 0. The van der Waals surface area contributed by atoms with Crippen LogP contribution in [0.5, 0.6) is 0 Å². The Morgan fingerprint density at radius 1 is 1.06 bits per heavy atom. The zero-order valence-electron chi connectivity index (χ0n) is 12.0. The maximum absolute atomic E-state index is 5.75. The molecule has 1 fully saturated rings. The normalized spacial score (nSPS) is 25.6. The van der Waals surface area contributed by atoms with Gasteiger partial charge in [0, 0.05) is 12.6 Å². The second-order valence-corrected chi connectivity index (χ2v) is 5.80. The highest BCUT2D eigenvalue weighted by Gasteiger charge is 2.27. The maximum atomic E-state index is 5.75. The van der Waals surface area contributed by atoms with Crippen molar-refractivity contribution < 1.29 is 0 Å². The number of hydrogen-bond donors (Lipinski definition) is 1. The van der Waals surface area contributed by atoms with Crippen molar-refractivity contribution >= 4 is 0 Å². The van der Waals surface area contributed by atoms with Gasteiger partial charge in [-0.25, -0.2) is 0 Å². The number of hydrogen-bond acceptors (Lipinski definition) is 2. The Morgan fingerprint density at radius 3 is 2.29 bits per heavy atom. The SMILES string of the molecule is CCCCCCCCCN1CC(CN)CC1C. The van der Waals surface area contributed by atoms with Crippen LogP contribution < -0.4 is 5.73 Å². The van der Waals surface area contributed by atoms with Crippen LogP contribution in [0.4, 0.5) is 0 Å². The summed E-state index contributed by atoms with van der Waals surface area (Å²) in [4.78, 5) is 2.64. The van der Waals surface area contributed by atoms with E-state index in [1.165, 1.54) is 64.5 Å². The van der Waals surface area contributed by atoms with Crippen molar-refractivity contribution in [3.63, 3.8) is 0 Å². The van der Waals surface area contributed by atoms with Crippen molar-refractivity contribution in [3.05, 3.63) is 0 Å². The van der Waals surface area contributed by atoms with Crippen molar-refractivity contribution in [1.82, 2.24) is 4.90 Å². The van der Waals surface area contributed by atoms with Crippen molar-refractivity contribution in [2.24, 2.45) is 11.7 Å². The first-order chi connectivity index (χ1) is 8.27. The van der Waals surface area contributed by atoms with Gasteiger partial charge in [-0.15, -0.1) is 0 Å². The van der Waals surface area contributed by atoms with E-state index in [0.717, 1.165) is 18.5 Å². The van der Waals surface area contributed by atoms with Gasteiger partial charge < -0.3 is 10.6 Å². The average molecular weight is 240 g/mol. The molecule has 0 amide bonds. The highest BCUT2D eigenvalue weighted by Crippen LogP contribution is 2.22. The Kier molecular flexibility index (Phi) is 7.87. The Balaban J connectivity index is 1.96. The molecule has 2 atom stereocenters.